The Hall–Kier alpha value is -3.78. The fourth-order valence-corrected chi connectivity index (χ4v) is 3.00. The zero-order valence-electron chi connectivity index (χ0n) is 14.4. The van der Waals surface area contributed by atoms with Crippen molar-refractivity contribution in [3.63, 3.8) is 0 Å². The lowest BCUT2D eigenvalue weighted by Crippen LogP contribution is -2.17. The smallest absolute Gasteiger partial charge is 0.266 e. The second kappa shape index (κ2) is 7.22. The Labute approximate surface area is 156 Å². The first-order valence-corrected chi connectivity index (χ1v) is 8.55. The highest BCUT2D eigenvalue weighted by Crippen LogP contribution is 2.32. The lowest BCUT2D eigenvalue weighted by molar-refractivity contribution is -0.112. The first kappa shape index (κ1) is 16.7. The highest BCUT2D eigenvalue weighted by Gasteiger charge is 2.15. The van der Waals surface area contributed by atoms with Gasteiger partial charge in [-0.25, -0.2) is 0 Å². The number of rotatable bonds is 3. The van der Waals surface area contributed by atoms with Gasteiger partial charge in [0.2, 0.25) is 0 Å². The number of anilines is 1. The van der Waals surface area contributed by atoms with Crippen LogP contribution in [0, 0.1) is 11.3 Å². The Morgan fingerprint density at radius 1 is 1.00 bits per heavy atom. The van der Waals surface area contributed by atoms with Crippen molar-refractivity contribution in [3.05, 3.63) is 71.8 Å². The fraction of sp³-hybridized carbons (Fsp3) is 0.0909. The van der Waals surface area contributed by atoms with Crippen LogP contribution in [-0.2, 0) is 4.79 Å². The van der Waals surface area contributed by atoms with Crippen LogP contribution in [0.25, 0.3) is 16.8 Å². The van der Waals surface area contributed by atoms with Crippen molar-refractivity contribution < 1.29 is 14.3 Å². The Morgan fingerprint density at radius 3 is 2.63 bits per heavy atom. The second-order valence-corrected chi connectivity index (χ2v) is 6.05. The molecule has 1 aliphatic heterocycles. The monoisotopic (exact) mass is 356 g/mol. The summed E-state index contributed by atoms with van der Waals surface area (Å²) in [5.74, 6) is 0.753. The number of carbonyl (C=O) groups is 1. The maximum absolute atomic E-state index is 12.6. The quantitative estimate of drug-likeness (QED) is 0.565. The van der Waals surface area contributed by atoms with Crippen molar-refractivity contribution in [2.45, 2.75) is 0 Å². The number of nitriles is 1. The molecule has 0 saturated heterocycles. The molecule has 1 heterocycles. The van der Waals surface area contributed by atoms with Gasteiger partial charge in [0.05, 0.1) is 0 Å². The van der Waals surface area contributed by atoms with Crippen molar-refractivity contribution in [2.24, 2.45) is 0 Å². The van der Waals surface area contributed by atoms with Gasteiger partial charge in [0, 0.05) is 11.8 Å². The van der Waals surface area contributed by atoms with E-state index in [-0.39, 0.29) is 5.57 Å². The summed E-state index contributed by atoms with van der Waals surface area (Å²) < 4.78 is 11.0. The molecule has 5 heteroatoms. The summed E-state index contributed by atoms with van der Waals surface area (Å²) in [6.07, 6.45) is 1.61. The van der Waals surface area contributed by atoms with Gasteiger partial charge in [-0.2, -0.15) is 5.26 Å². The van der Waals surface area contributed by atoms with Crippen LogP contribution in [0.1, 0.15) is 5.56 Å². The molecule has 0 aromatic heterocycles. The molecule has 132 valence electrons. The summed E-state index contributed by atoms with van der Waals surface area (Å²) in [6, 6.07) is 20.8. The largest absolute Gasteiger partial charge is 0.486 e. The van der Waals surface area contributed by atoms with E-state index in [1.165, 1.54) is 0 Å². The van der Waals surface area contributed by atoms with E-state index in [2.05, 4.69) is 5.32 Å². The molecule has 0 spiro atoms. The number of hydrogen-bond acceptors (Lipinski definition) is 4. The van der Waals surface area contributed by atoms with Gasteiger partial charge in [-0.15, -0.1) is 0 Å². The van der Waals surface area contributed by atoms with Crippen molar-refractivity contribution >= 4 is 28.4 Å². The van der Waals surface area contributed by atoms with Crippen LogP contribution in [0.2, 0.25) is 0 Å². The number of nitrogens with one attached hydrogen (secondary N) is 1. The predicted molar refractivity (Wildman–Crippen MR) is 104 cm³/mol. The minimum atomic E-state index is -0.470. The van der Waals surface area contributed by atoms with Crippen molar-refractivity contribution in [1.29, 1.82) is 5.26 Å². The Kier molecular flexibility index (Phi) is 4.46. The molecule has 0 bridgehead atoms. The minimum absolute atomic E-state index is 0.0289. The topological polar surface area (TPSA) is 71.4 Å². The van der Waals surface area contributed by atoms with Crippen LogP contribution in [0.3, 0.4) is 0 Å². The van der Waals surface area contributed by atoms with Gasteiger partial charge >= 0.3 is 0 Å². The number of amides is 1. The first-order valence-electron chi connectivity index (χ1n) is 8.55. The molecule has 0 fully saturated rings. The average molecular weight is 356 g/mol. The lowest BCUT2D eigenvalue weighted by Gasteiger charge is -2.18. The van der Waals surface area contributed by atoms with E-state index in [0.29, 0.717) is 30.4 Å². The molecule has 0 unspecified atom stereocenters. The third-order valence-corrected chi connectivity index (χ3v) is 4.29. The summed E-state index contributed by atoms with van der Waals surface area (Å²) in [4.78, 5) is 12.6. The van der Waals surface area contributed by atoms with Gasteiger partial charge in [-0.3, -0.25) is 4.79 Å². The van der Waals surface area contributed by atoms with E-state index < -0.39 is 5.91 Å². The van der Waals surface area contributed by atoms with Crippen LogP contribution in [0.4, 0.5) is 5.69 Å². The maximum Gasteiger partial charge on any atom is 0.266 e. The van der Waals surface area contributed by atoms with Crippen LogP contribution >= 0.6 is 0 Å². The highest BCUT2D eigenvalue weighted by atomic mass is 16.6. The van der Waals surface area contributed by atoms with Crippen LogP contribution in [0.5, 0.6) is 11.5 Å². The van der Waals surface area contributed by atoms with Gasteiger partial charge in [0.25, 0.3) is 5.91 Å². The van der Waals surface area contributed by atoms with E-state index in [1.807, 2.05) is 48.5 Å². The molecular formula is C22H16N2O3. The Balaban J connectivity index is 1.61. The number of hydrogen-bond donors (Lipinski definition) is 1. The lowest BCUT2D eigenvalue weighted by atomic mass is 10.0. The summed E-state index contributed by atoms with van der Waals surface area (Å²) in [6.45, 7) is 0.972. The van der Waals surface area contributed by atoms with Crippen molar-refractivity contribution in [3.8, 4) is 17.6 Å². The maximum atomic E-state index is 12.6. The van der Waals surface area contributed by atoms with Crippen LogP contribution < -0.4 is 14.8 Å². The zero-order chi connectivity index (χ0) is 18.6. The molecule has 3 aromatic rings. The van der Waals surface area contributed by atoms with E-state index in [1.54, 1.807) is 24.3 Å². The fourth-order valence-electron chi connectivity index (χ4n) is 3.00. The van der Waals surface area contributed by atoms with Gasteiger partial charge in [0.1, 0.15) is 24.9 Å². The van der Waals surface area contributed by atoms with Gasteiger partial charge in [-0.1, -0.05) is 42.5 Å². The average Bonchev–Trinajstić information content (AvgIpc) is 2.72. The molecular weight excluding hydrogens is 340 g/mol. The number of nitrogens with zero attached hydrogens (tertiary/aromatic N) is 1. The number of benzene rings is 3. The second-order valence-electron chi connectivity index (χ2n) is 6.05. The van der Waals surface area contributed by atoms with E-state index in [0.717, 1.165) is 16.3 Å². The highest BCUT2D eigenvalue weighted by molar-refractivity contribution is 6.10. The number of ether oxygens (including phenoxy) is 2. The normalized spacial score (nSPS) is 13.1. The predicted octanol–water partition coefficient (Wildman–Crippen LogP) is 4.16. The molecule has 0 saturated carbocycles. The third-order valence-electron chi connectivity index (χ3n) is 4.29. The van der Waals surface area contributed by atoms with E-state index in [9.17, 15) is 10.1 Å². The Bertz CT molecular complexity index is 1090. The molecule has 1 amide bonds. The van der Waals surface area contributed by atoms with E-state index >= 15 is 0 Å². The summed E-state index contributed by atoms with van der Waals surface area (Å²) in [5.41, 5.74) is 1.39. The van der Waals surface area contributed by atoms with Crippen LogP contribution in [0.15, 0.2) is 66.2 Å². The first-order chi connectivity index (χ1) is 13.2. The van der Waals surface area contributed by atoms with Gasteiger partial charge in [-0.05, 0) is 34.5 Å². The standard InChI is InChI=1S/C22H16N2O3/c23-14-17(12-16-6-3-5-15-4-1-2-7-19(15)16)22(25)24-18-8-9-20-21(13-18)27-11-10-26-20/h1-9,12-13H,10-11H2,(H,24,25). The molecule has 1 aliphatic rings. The van der Waals surface area contributed by atoms with Crippen LogP contribution in [-0.4, -0.2) is 19.1 Å². The zero-order valence-corrected chi connectivity index (χ0v) is 14.4. The van der Waals surface area contributed by atoms with Gasteiger partial charge in [0.15, 0.2) is 11.5 Å². The third kappa shape index (κ3) is 3.46. The molecule has 5 nitrogen and oxygen atoms in total. The molecule has 4 rings (SSSR count). The molecule has 1 N–H and O–H groups in total. The van der Waals surface area contributed by atoms with E-state index in [4.69, 9.17) is 9.47 Å². The molecule has 0 atom stereocenters. The molecule has 0 radical (unpaired) electrons. The Morgan fingerprint density at radius 2 is 1.78 bits per heavy atom. The van der Waals surface area contributed by atoms with Gasteiger partial charge < -0.3 is 14.8 Å². The van der Waals surface area contributed by atoms with Crippen molar-refractivity contribution in [1.82, 2.24) is 0 Å². The molecule has 27 heavy (non-hydrogen) atoms. The summed E-state index contributed by atoms with van der Waals surface area (Å²) in [7, 11) is 0. The summed E-state index contributed by atoms with van der Waals surface area (Å²) >= 11 is 0. The summed E-state index contributed by atoms with van der Waals surface area (Å²) in [5, 5.41) is 14.3. The number of fused-ring (bicyclic) bond motifs is 2. The minimum Gasteiger partial charge on any atom is -0.486 e. The van der Waals surface area contributed by atoms with Crippen molar-refractivity contribution in [2.75, 3.05) is 18.5 Å². The molecule has 0 aliphatic carbocycles. The molecule has 3 aromatic carbocycles. The SMILES string of the molecule is N#CC(=Cc1cccc2ccccc12)C(=O)Nc1ccc2c(c1)OCCO2. The number of carbonyl (C=O) groups excluding carboxylic acids is 1.